The van der Waals surface area contributed by atoms with Crippen LogP contribution in [0.1, 0.15) is 10.4 Å². The molecule has 0 unspecified atom stereocenters. The van der Waals surface area contributed by atoms with Crippen LogP contribution in [0.4, 0.5) is 11.6 Å². The van der Waals surface area contributed by atoms with Gasteiger partial charge in [0.2, 0.25) is 5.95 Å². The van der Waals surface area contributed by atoms with Crippen molar-refractivity contribution in [1.82, 2.24) is 9.97 Å². The third-order valence-corrected chi connectivity index (χ3v) is 3.27. The predicted octanol–water partition coefficient (Wildman–Crippen LogP) is 3.30. The topological polar surface area (TPSA) is 98.0 Å². The zero-order valence-corrected chi connectivity index (χ0v) is 12.4. The van der Waals surface area contributed by atoms with E-state index in [9.17, 15) is 14.9 Å². The van der Waals surface area contributed by atoms with E-state index in [0.717, 1.165) is 0 Å². The van der Waals surface area contributed by atoms with Crippen molar-refractivity contribution >= 4 is 17.5 Å². The monoisotopic (exact) mass is 320 g/mol. The summed E-state index contributed by atoms with van der Waals surface area (Å²) in [7, 11) is 0. The number of aromatic nitrogens is 2. The predicted molar refractivity (Wildman–Crippen MR) is 88.5 cm³/mol. The van der Waals surface area contributed by atoms with Gasteiger partial charge in [-0.25, -0.2) is 9.97 Å². The molecule has 0 bridgehead atoms. The standard InChI is InChI=1S/C17H12N4O3/c22-16(12-5-2-1-3-6-12)20-17-18-10-9-15(19-17)13-7-4-8-14(11-13)21(23)24/h1-11H,(H,18,19,20,22). The normalized spacial score (nSPS) is 10.2. The van der Waals surface area contributed by atoms with Crippen molar-refractivity contribution in [2.24, 2.45) is 0 Å². The molecular formula is C17H12N4O3. The van der Waals surface area contributed by atoms with Gasteiger partial charge in [-0.15, -0.1) is 0 Å². The highest BCUT2D eigenvalue weighted by atomic mass is 16.6. The molecule has 0 radical (unpaired) electrons. The molecule has 1 heterocycles. The third kappa shape index (κ3) is 3.41. The Morgan fingerprint density at radius 2 is 1.83 bits per heavy atom. The first-order valence-electron chi connectivity index (χ1n) is 7.08. The Bertz CT molecular complexity index is 897. The molecule has 3 rings (SSSR count). The van der Waals surface area contributed by atoms with Crippen LogP contribution in [0.2, 0.25) is 0 Å². The summed E-state index contributed by atoms with van der Waals surface area (Å²) >= 11 is 0. The molecule has 0 saturated carbocycles. The number of carbonyl (C=O) groups excluding carboxylic acids is 1. The molecule has 0 aliphatic rings. The molecule has 1 amide bonds. The molecule has 1 N–H and O–H groups in total. The van der Waals surface area contributed by atoms with Crippen LogP contribution in [-0.2, 0) is 0 Å². The summed E-state index contributed by atoms with van der Waals surface area (Å²) in [5.41, 5.74) is 1.52. The second-order valence-electron chi connectivity index (χ2n) is 4.89. The van der Waals surface area contributed by atoms with E-state index in [-0.39, 0.29) is 17.5 Å². The number of carbonyl (C=O) groups is 1. The van der Waals surface area contributed by atoms with E-state index in [0.29, 0.717) is 16.8 Å². The zero-order chi connectivity index (χ0) is 16.9. The fourth-order valence-electron chi connectivity index (χ4n) is 2.12. The summed E-state index contributed by atoms with van der Waals surface area (Å²) in [5, 5.41) is 13.5. The van der Waals surface area contributed by atoms with Crippen molar-refractivity contribution in [3.63, 3.8) is 0 Å². The molecule has 118 valence electrons. The lowest BCUT2D eigenvalue weighted by Gasteiger charge is -2.06. The lowest BCUT2D eigenvalue weighted by Crippen LogP contribution is -2.14. The van der Waals surface area contributed by atoms with E-state index < -0.39 is 4.92 Å². The van der Waals surface area contributed by atoms with Crippen LogP contribution in [-0.4, -0.2) is 20.8 Å². The van der Waals surface area contributed by atoms with Gasteiger partial charge in [0.05, 0.1) is 10.6 Å². The van der Waals surface area contributed by atoms with Gasteiger partial charge in [-0.1, -0.05) is 30.3 Å². The fraction of sp³-hybridized carbons (Fsp3) is 0. The summed E-state index contributed by atoms with van der Waals surface area (Å²) in [6, 6.07) is 16.4. The van der Waals surface area contributed by atoms with Crippen LogP contribution in [0, 0.1) is 10.1 Å². The van der Waals surface area contributed by atoms with Crippen molar-refractivity contribution in [2.75, 3.05) is 5.32 Å². The summed E-state index contributed by atoms with van der Waals surface area (Å²) < 4.78 is 0. The number of nitrogens with zero attached hydrogens (tertiary/aromatic N) is 3. The van der Waals surface area contributed by atoms with Gasteiger partial charge in [-0.3, -0.25) is 20.2 Å². The number of anilines is 1. The van der Waals surface area contributed by atoms with Gasteiger partial charge in [0.15, 0.2) is 0 Å². The summed E-state index contributed by atoms with van der Waals surface area (Å²) in [6.45, 7) is 0. The smallest absolute Gasteiger partial charge is 0.270 e. The van der Waals surface area contributed by atoms with E-state index in [1.807, 2.05) is 6.07 Å². The molecule has 1 aromatic heterocycles. The number of benzene rings is 2. The van der Waals surface area contributed by atoms with Crippen molar-refractivity contribution in [3.05, 3.63) is 82.5 Å². The Balaban J connectivity index is 1.86. The van der Waals surface area contributed by atoms with E-state index in [4.69, 9.17) is 0 Å². The van der Waals surface area contributed by atoms with E-state index >= 15 is 0 Å². The average Bonchev–Trinajstić information content (AvgIpc) is 2.63. The van der Waals surface area contributed by atoms with Crippen LogP contribution < -0.4 is 5.32 Å². The van der Waals surface area contributed by atoms with Crippen molar-refractivity contribution in [3.8, 4) is 11.3 Å². The number of hydrogen-bond acceptors (Lipinski definition) is 5. The lowest BCUT2D eigenvalue weighted by atomic mass is 10.1. The number of nitrogens with one attached hydrogen (secondary N) is 1. The molecule has 3 aromatic rings. The molecule has 2 aromatic carbocycles. The molecule has 0 aliphatic heterocycles. The first kappa shape index (κ1) is 15.3. The van der Waals surface area contributed by atoms with Gasteiger partial charge in [0.1, 0.15) is 0 Å². The Morgan fingerprint density at radius 1 is 1.04 bits per heavy atom. The average molecular weight is 320 g/mol. The Hall–Kier alpha value is -3.61. The van der Waals surface area contributed by atoms with Gasteiger partial charge >= 0.3 is 0 Å². The second kappa shape index (κ2) is 6.66. The van der Waals surface area contributed by atoms with Gasteiger partial charge in [-0.05, 0) is 18.2 Å². The maximum atomic E-state index is 12.1. The van der Waals surface area contributed by atoms with E-state index in [2.05, 4.69) is 15.3 Å². The highest BCUT2D eigenvalue weighted by Crippen LogP contribution is 2.22. The molecule has 0 saturated heterocycles. The Labute approximate surface area is 137 Å². The van der Waals surface area contributed by atoms with Crippen LogP contribution in [0.3, 0.4) is 0 Å². The molecule has 0 atom stereocenters. The number of nitro benzene ring substituents is 1. The van der Waals surface area contributed by atoms with Gasteiger partial charge < -0.3 is 0 Å². The number of hydrogen-bond donors (Lipinski definition) is 1. The van der Waals surface area contributed by atoms with Crippen molar-refractivity contribution < 1.29 is 9.72 Å². The van der Waals surface area contributed by atoms with Crippen LogP contribution in [0.5, 0.6) is 0 Å². The van der Waals surface area contributed by atoms with Gasteiger partial charge in [-0.2, -0.15) is 0 Å². The largest absolute Gasteiger partial charge is 0.290 e. The summed E-state index contributed by atoms with van der Waals surface area (Å²) in [6.07, 6.45) is 1.49. The molecule has 24 heavy (non-hydrogen) atoms. The lowest BCUT2D eigenvalue weighted by molar-refractivity contribution is -0.384. The minimum Gasteiger partial charge on any atom is -0.290 e. The van der Waals surface area contributed by atoms with E-state index in [1.165, 1.54) is 18.3 Å². The van der Waals surface area contributed by atoms with Crippen LogP contribution >= 0.6 is 0 Å². The maximum absolute atomic E-state index is 12.1. The highest BCUT2D eigenvalue weighted by Gasteiger charge is 2.11. The molecule has 0 spiro atoms. The summed E-state index contributed by atoms with van der Waals surface area (Å²) in [5.74, 6) is -0.195. The number of nitro groups is 1. The SMILES string of the molecule is O=C(Nc1nccc(-c2cccc([N+](=O)[O-])c2)n1)c1ccccc1. The molecule has 0 fully saturated rings. The van der Waals surface area contributed by atoms with Crippen LogP contribution in [0.25, 0.3) is 11.3 Å². The van der Waals surface area contributed by atoms with E-state index in [1.54, 1.807) is 42.5 Å². The third-order valence-electron chi connectivity index (χ3n) is 3.27. The molecule has 7 heteroatoms. The highest BCUT2D eigenvalue weighted by molar-refractivity contribution is 6.03. The second-order valence-corrected chi connectivity index (χ2v) is 4.89. The Kier molecular flexibility index (Phi) is 4.24. The number of amides is 1. The maximum Gasteiger partial charge on any atom is 0.270 e. The zero-order valence-electron chi connectivity index (χ0n) is 12.4. The Morgan fingerprint density at radius 3 is 2.58 bits per heavy atom. The van der Waals surface area contributed by atoms with Gasteiger partial charge in [0, 0.05) is 29.5 Å². The van der Waals surface area contributed by atoms with Crippen molar-refractivity contribution in [1.29, 1.82) is 0 Å². The van der Waals surface area contributed by atoms with Gasteiger partial charge in [0.25, 0.3) is 11.6 Å². The number of non-ortho nitro benzene ring substituents is 1. The minimum atomic E-state index is -0.469. The quantitative estimate of drug-likeness (QED) is 0.587. The molecule has 7 nitrogen and oxygen atoms in total. The molecular weight excluding hydrogens is 308 g/mol. The molecule has 0 aliphatic carbocycles. The first-order valence-corrected chi connectivity index (χ1v) is 7.08. The van der Waals surface area contributed by atoms with Crippen LogP contribution in [0.15, 0.2) is 66.9 Å². The first-order chi connectivity index (χ1) is 11.6. The minimum absolute atomic E-state index is 0.0269. The summed E-state index contributed by atoms with van der Waals surface area (Å²) in [4.78, 5) is 30.8. The number of rotatable bonds is 4. The fourth-order valence-corrected chi connectivity index (χ4v) is 2.12. The van der Waals surface area contributed by atoms with Crippen molar-refractivity contribution in [2.45, 2.75) is 0 Å².